The Balaban J connectivity index is 2.08. The summed E-state index contributed by atoms with van der Waals surface area (Å²) in [7, 11) is 0. The van der Waals surface area contributed by atoms with Gasteiger partial charge >= 0.3 is 0 Å². The summed E-state index contributed by atoms with van der Waals surface area (Å²) in [6.07, 6.45) is 0.906. The number of para-hydroxylation sites is 1. The summed E-state index contributed by atoms with van der Waals surface area (Å²) in [5.41, 5.74) is 1.60. The zero-order valence-corrected chi connectivity index (χ0v) is 14.0. The van der Waals surface area contributed by atoms with E-state index in [2.05, 4.69) is 5.18 Å². The van der Waals surface area contributed by atoms with E-state index in [9.17, 15) is 10.0 Å². The highest BCUT2D eigenvalue weighted by molar-refractivity contribution is 6.31. The molecule has 6 heteroatoms. The van der Waals surface area contributed by atoms with Gasteiger partial charge in [0.2, 0.25) is 5.88 Å². The van der Waals surface area contributed by atoms with Crippen molar-refractivity contribution in [3.8, 4) is 11.6 Å². The third kappa shape index (κ3) is 2.95. The van der Waals surface area contributed by atoms with Gasteiger partial charge in [0.1, 0.15) is 5.75 Å². The molecular formula is C18H17ClN2O3. The molecule has 24 heavy (non-hydrogen) atoms. The van der Waals surface area contributed by atoms with Crippen LogP contribution in [0.15, 0.2) is 47.6 Å². The Morgan fingerprint density at radius 1 is 1.25 bits per heavy atom. The molecule has 1 aromatic heterocycles. The van der Waals surface area contributed by atoms with Gasteiger partial charge < -0.3 is 14.4 Å². The SMILES string of the molecule is CCCOc1ccccc1Cn1c(O)c(N=O)c2cc(Cl)ccc21. The second-order valence-corrected chi connectivity index (χ2v) is 5.90. The van der Waals surface area contributed by atoms with Gasteiger partial charge in [0.05, 0.1) is 18.7 Å². The molecule has 0 unspecified atom stereocenters. The van der Waals surface area contributed by atoms with Gasteiger partial charge in [-0.1, -0.05) is 36.7 Å². The van der Waals surface area contributed by atoms with E-state index in [1.54, 1.807) is 22.8 Å². The molecule has 0 bridgehead atoms. The van der Waals surface area contributed by atoms with E-state index in [0.29, 0.717) is 29.1 Å². The summed E-state index contributed by atoms with van der Waals surface area (Å²) >= 11 is 6.00. The topological polar surface area (TPSA) is 63.8 Å². The predicted molar refractivity (Wildman–Crippen MR) is 95.4 cm³/mol. The summed E-state index contributed by atoms with van der Waals surface area (Å²) in [5, 5.41) is 14.4. The number of fused-ring (bicyclic) bond motifs is 1. The molecule has 1 N–H and O–H groups in total. The molecule has 0 saturated heterocycles. The number of aromatic nitrogens is 1. The van der Waals surface area contributed by atoms with Crippen LogP contribution in [0.2, 0.25) is 5.02 Å². The molecule has 0 radical (unpaired) electrons. The Labute approximate surface area is 144 Å². The first-order chi connectivity index (χ1) is 11.7. The van der Waals surface area contributed by atoms with E-state index < -0.39 is 0 Å². The molecule has 0 atom stereocenters. The molecule has 0 aliphatic heterocycles. The lowest BCUT2D eigenvalue weighted by molar-refractivity contribution is 0.313. The quantitative estimate of drug-likeness (QED) is 0.622. The summed E-state index contributed by atoms with van der Waals surface area (Å²) in [4.78, 5) is 11.1. The van der Waals surface area contributed by atoms with Crippen molar-refractivity contribution in [2.75, 3.05) is 6.61 Å². The molecule has 0 saturated carbocycles. The van der Waals surface area contributed by atoms with Crippen molar-refractivity contribution in [2.45, 2.75) is 19.9 Å². The van der Waals surface area contributed by atoms with Crippen molar-refractivity contribution in [3.05, 3.63) is 58.0 Å². The molecule has 0 fully saturated rings. The standard InChI is InChI=1S/C18H17ClN2O3/c1-2-9-24-16-6-4-3-5-12(16)11-21-15-8-7-13(19)10-14(15)17(20-23)18(21)22/h3-8,10,22H,2,9,11H2,1H3. The number of halogens is 1. The highest BCUT2D eigenvalue weighted by Crippen LogP contribution is 2.40. The summed E-state index contributed by atoms with van der Waals surface area (Å²) in [6.45, 7) is 3.02. The van der Waals surface area contributed by atoms with Crippen LogP contribution in [0.1, 0.15) is 18.9 Å². The normalized spacial score (nSPS) is 10.9. The van der Waals surface area contributed by atoms with E-state index in [-0.39, 0.29) is 11.6 Å². The molecule has 2 aromatic carbocycles. The van der Waals surface area contributed by atoms with Gasteiger partial charge in [-0.05, 0) is 35.9 Å². The van der Waals surface area contributed by atoms with Crippen LogP contribution in [0.25, 0.3) is 10.9 Å². The maximum Gasteiger partial charge on any atom is 0.222 e. The van der Waals surface area contributed by atoms with Crippen molar-refractivity contribution >= 4 is 28.2 Å². The second kappa shape index (κ2) is 6.93. The number of nitroso groups, excluding NO2 is 1. The number of ether oxygens (including phenoxy) is 1. The lowest BCUT2D eigenvalue weighted by atomic mass is 10.2. The molecule has 5 nitrogen and oxygen atoms in total. The van der Waals surface area contributed by atoms with Crippen LogP contribution in [0.4, 0.5) is 5.69 Å². The Bertz CT molecular complexity index is 889. The number of hydrogen-bond acceptors (Lipinski definition) is 4. The van der Waals surface area contributed by atoms with Gasteiger partial charge in [0.25, 0.3) is 0 Å². The van der Waals surface area contributed by atoms with Crippen molar-refractivity contribution in [2.24, 2.45) is 5.18 Å². The van der Waals surface area contributed by atoms with E-state index in [0.717, 1.165) is 17.7 Å². The number of benzene rings is 2. The number of hydrogen-bond donors (Lipinski definition) is 1. The Morgan fingerprint density at radius 3 is 2.79 bits per heavy atom. The molecule has 0 amide bonds. The number of aromatic hydroxyl groups is 1. The monoisotopic (exact) mass is 344 g/mol. The number of nitrogens with zero attached hydrogens (tertiary/aromatic N) is 2. The molecule has 3 rings (SSSR count). The molecule has 0 aliphatic rings. The zero-order valence-electron chi connectivity index (χ0n) is 13.2. The van der Waals surface area contributed by atoms with Gasteiger partial charge in [0.15, 0.2) is 5.69 Å². The van der Waals surface area contributed by atoms with Crippen LogP contribution in [0.5, 0.6) is 11.6 Å². The predicted octanol–water partition coefficient (Wildman–Crippen LogP) is 5.24. The summed E-state index contributed by atoms with van der Waals surface area (Å²) < 4.78 is 7.40. The Hall–Kier alpha value is -2.53. The van der Waals surface area contributed by atoms with Crippen molar-refractivity contribution in [1.29, 1.82) is 0 Å². The lowest BCUT2D eigenvalue weighted by Crippen LogP contribution is -2.03. The van der Waals surface area contributed by atoms with E-state index >= 15 is 0 Å². The molecule has 0 aliphatic carbocycles. The van der Waals surface area contributed by atoms with Gasteiger partial charge in [-0.25, -0.2) is 0 Å². The fraction of sp³-hybridized carbons (Fsp3) is 0.222. The highest BCUT2D eigenvalue weighted by atomic mass is 35.5. The molecular weight excluding hydrogens is 328 g/mol. The first-order valence-electron chi connectivity index (χ1n) is 7.70. The van der Waals surface area contributed by atoms with Gasteiger partial charge in [-0.15, -0.1) is 4.91 Å². The van der Waals surface area contributed by atoms with Crippen LogP contribution < -0.4 is 4.74 Å². The average molecular weight is 345 g/mol. The fourth-order valence-corrected chi connectivity index (χ4v) is 2.88. The third-order valence-corrected chi connectivity index (χ3v) is 4.06. The fourth-order valence-electron chi connectivity index (χ4n) is 2.70. The minimum absolute atomic E-state index is 0.000502. The van der Waals surface area contributed by atoms with E-state index in [4.69, 9.17) is 16.3 Å². The van der Waals surface area contributed by atoms with Gasteiger partial charge in [-0.2, -0.15) is 0 Å². The average Bonchev–Trinajstić information content (AvgIpc) is 2.85. The highest BCUT2D eigenvalue weighted by Gasteiger charge is 2.19. The third-order valence-electron chi connectivity index (χ3n) is 3.83. The maximum absolute atomic E-state index is 11.1. The van der Waals surface area contributed by atoms with Crippen LogP contribution in [0, 0.1) is 4.91 Å². The summed E-state index contributed by atoms with van der Waals surface area (Å²) in [5.74, 6) is 0.586. The molecule has 1 heterocycles. The minimum Gasteiger partial charge on any atom is -0.493 e. The van der Waals surface area contributed by atoms with Gasteiger partial charge in [0, 0.05) is 16.0 Å². The minimum atomic E-state index is -0.174. The zero-order chi connectivity index (χ0) is 17.1. The van der Waals surface area contributed by atoms with E-state index in [1.807, 2.05) is 31.2 Å². The van der Waals surface area contributed by atoms with Crippen LogP contribution >= 0.6 is 11.6 Å². The Morgan fingerprint density at radius 2 is 2.04 bits per heavy atom. The molecule has 3 aromatic rings. The maximum atomic E-state index is 11.1. The van der Waals surface area contributed by atoms with Crippen LogP contribution in [0.3, 0.4) is 0 Å². The lowest BCUT2D eigenvalue weighted by Gasteiger charge is -2.13. The van der Waals surface area contributed by atoms with E-state index in [1.165, 1.54) is 0 Å². The largest absolute Gasteiger partial charge is 0.493 e. The second-order valence-electron chi connectivity index (χ2n) is 5.47. The van der Waals surface area contributed by atoms with Crippen LogP contribution in [-0.2, 0) is 6.54 Å². The smallest absolute Gasteiger partial charge is 0.222 e. The number of rotatable bonds is 6. The summed E-state index contributed by atoms with van der Waals surface area (Å²) in [6, 6.07) is 12.7. The van der Waals surface area contributed by atoms with Crippen molar-refractivity contribution < 1.29 is 9.84 Å². The van der Waals surface area contributed by atoms with Gasteiger partial charge in [-0.3, -0.25) is 0 Å². The first-order valence-corrected chi connectivity index (χ1v) is 8.08. The van der Waals surface area contributed by atoms with Crippen molar-refractivity contribution in [1.82, 2.24) is 4.57 Å². The molecule has 124 valence electrons. The van der Waals surface area contributed by atoms with Crippen molar-refractivity contribution in [3.63, 3.8) is 0 Å². The van der Waals surface area contributed by atoms with Crippen LogP contribution in [-0.4, -0.2) is 16.3 Å². The molecule has 0 spiro atoms. The first kappa shape index (κ1) is 16.3. The Kier molecular flexibility index (Phi) is 4.71.